The maximum atomic E-state index is 12.9. The van der Waals surface area contributed by atoms with Crippen LogP contribution in [0.4, 0.5) is 0 Å². The highest BCUT2D eigenvalue weighted by Crippen LogP contribution is 2.27. The summed E-state index contributed by atoms with van der Waals surface area (Å²) in [7, 11) is -4.02. The number of rotatable bonds is 5. The van der Waals surface area contributed by atoms with Gasteiger partial charge in [0.1, 0.15) is 0 Å². The summed E-state index contributed by atoms with van der Waals surface area (Å²) in [6.07, 6.45) is 2.32. The second-order valence-electron chi connectivity index (χ2n) is 6.06. The van der Waals surface area contributed by atoms with Crippen LogP contribution < -0.4 is 0 Å². The molecule has 7 nitrogen and oxygen atoms in total. The van der Waals surface area contributed by atoms with Gasteiger partial charge in [-0.3, -0.25) is 0 Å². The predicted octanol–water partition coefficient (Wildman–Crippen LogP) is 2.56. The Labute approximate surface area is 156 Å². The Morgan fingerprint density at radius 3 is 2.00 bits per heavy atom. The van der Waals surface area contributed by atoms with Crippen molar-refractivity contribution in [1.82, 2.24) is 4.31 Å². The van der Waals surface area contributed by atoms with Gasteiger partial charge in [-0.05, 0) is 35.8 Å². The molecule has 140 valence electrons. The average molecular weight is 387 g/mol. The summed E-state index contributed by atoms with van der Waals surface area (Å²) in [6.45, 7) is 0.356. The molecule has 0 fully saturated rings. The van der Waals surface area contributed by atoms with Crippen LogP contribution in [-0.2, 0) is 10.0 Å². The third-order valence-corrected chi connectivity index (χ3v) is 6.20. The number of carbonyl (C=O) groups is 2. The fourth-order valence-electron chi connectivity index (χ4n) is 2.93. The van der Waals surface area contributed by atoms with E-state index in [0.717, 1.165) is 29.3 Å². The number of benzene rings is 2. The monoisotopic (exact) mass is 387 g/mol. The largest absolute Gasteiger partial charge is 0.478 e. The van der Waals surface area contributed by atoms with Crippen molar-refractivity contribution in [3.63, 3.8) is 0 Å². The summed E-state index contributed by atoms with van der Waals surface area (Å²) in [5.74, 6) is -2.78. The van der Waals surface area contributed by atoms with Crippen molar-refractivity contribution in [2.45, 2.75) is 11.3 Å². The van der Waals surface area contributed by atoms with Crippen molar-refractivity contribution in [3.8, 4) is 0 Å². The quantitative estimate of drug-likeness (QED) is 0.815. The van der Waals surface area contributed by atoms with Crippen LogP contribution in [0.1, 0.15) is 32.7 Å². The molecule has 0 amide bonds. The predicted molar refractivity (Wildman–Crippen MR) is 98.2 cm³/mol. The van der Waals surface area contributed by atoms with E-state index in [9.17, 15) is 18.0 Å². The Balaban J connectivity index is 1.93. The first-order valence-electron chi connectivity index (χ1n) is 8.15. The molecule has 0 spiro atoms. The molecular weight excluding hydrogens is 370 g/mol. The van der Waals surface area contributed by atoms with E-state index in [4.69, 9.17) is 10.2 Å². The Bertz CT molecular complexity index is 995. The zero-order valence-corrected chi connectivity index (χ0v) is 15.0. The first kappa shape index (κ1) is 18.8. The minimum atomic E-state index is -4.02. The lowest BCUT2D eigenvalue weighted by molar-refractivity contribution is 0.0696. The molecule has 0 aliphatic carbocycles. The van der Waals surface area contributed by atoms with Crippen LogP contribution >= 0.6 is 0 Å². The second kappa shape index (κ2) is 7.34. The van der Waals surface area contributed by atoms with Gasteiger partial charge in [0, 0.05) is 13.1 Å². The zero-order valence-electron chi connectivity index (χ0n) is 14.2. The number of nitrogens with zero attached hydrogens (tertiary/aromatic N) is 1. The van der Waals surface area contributed by atoms with E-state index in [0.29, 0.717) is 6.42 Å². The van der Waals surface area contributed by atoms with E-state index in [1.165, 1.54) is 4.31 Å². The summed E-state index contributed by atoms with van der Waals surface area (Å²) < 4.78 is 27.0. The van der Waals surface area contributed by atoms with E-state index in [1.54, 1.807) is 0 Å². The van der Waals surface area contributed by atoms with Crippen LogP contribution in [0.3, 0.4) is 0 Å². The van der Waals surface area contributed by atoms with Crippen molar-refractivity contribution < 1.29 is 28.2 Å². The van der Waals surface area contributed by atoms with E-state index < -0.39 is 22.0 Å². The molecule has 8 heteroatoms. The first-order valence-corrected chi connectivity index (χ1v) is 9.59. The van der Waals surface area contributed by atoms with Crippen LogP contribution in [0, 0.1) is 0 Å². The van der Waals surface area contributed by atoms with E-state index in [2.05, 4.69) is 0 Å². The Kier molecular flexibility index (Phi) is 5.11. The molecule has 0 radical (unpaired) electrons. The number of hydrogen-bond acceptors (Lipinski definition) is 4. The molecule has 1 heterocycles. The molecule has 1 aliphatic rings. The fourth-order valence-corrected chi connectivity index (χ4v) is 4.38. The topological polar surface area (TPSA) is 112 Å². The molecular formula is C19H17NO6S. The van der Waals surface area contributed by atoms with Crippen LogP contribution in [0.15, 0.2) is 59.5 Å². The standard InChI is InChI=1S/C19H17NO6S/c21-18(22)15-10-16(19(23)24)12-17(11-15)27(25,26)20-8-6-14(7-9-20)13-4-2-1-3-5-13/h1-6,10-12H,7-9H2,(H,21,22)(H,23,24). The second-order valence-corrected chi connectivity index (χ2v) is 8.00. The molecule has 3 rings (SSSR count). The van der Waals surface area contributed by atoms with Crippen LogP contribution in [0.25, 0.3) is 5.57 Å². The summed E-state index contributed by atoms with van der Waals surface area (Å²) in [5, 5.41) is 18.3. The molecule has 2 aromatic rings. The summed E-state index contributed by atoms with van der Waals surface area (Å²) in [6, 6.07) is 12.5. The minimum Gasteiger partial charge on any atom is -0.478 e. The van der Waals surface area contributed by atoms with Crippen LogP contribution in [0.2, 0.25) is 0 Å². The van der Waals surface area contributed by atoms with Gasteiger partial charge < -0.3 is 10.2 Å². The third-order valence-electron chi connectivity index (χ3n) is 4.35. The summed E-state index contributed by atoms with van der Waals surface area (Å²) in [4.78, 5) is 22.1. The molecule has 0 atom stereocenters. The molecule has 0 saturated carbocycles. The van der Waals surface area contributed by atoms with Crippen molar-refractivity contribution in [2.75, 3.05) is 13.1 Å². The van der Waals surface area contributed by atoms with Crippen LogP contribution in [0.5, 0.6) is 0 Å². The SMILES string of the molecule is O=C(O)c1cc(C(=O)O)cc(S(=O)(=O)N2CC=C(c3ccccc3)CC2)c1. The Morgan fingerprint density at radius 1 is 0.926 bits per heavy atom. The molecule has 0 unspecified atom stereocenters. The van der Waals surface area contributed by atoms with Crippen molar-refractivity contribution >= 4 is 27.5 Å². The van der Waals surface area contributed by atoms with Crippen molar-refractivity contribution in [2.24, 2.45) is 0 Å². The molecule has 0 bridgehead atoms. The number of aromatic carboxylic acids is 2. The van der Waals surface area contributed by atoms with Gasteiger partial charge in [0.15, 0.2) is 0 Å². The molecule has 2 N–H and O–H groups in total. The highest BCUT2D eigenvalue weighted by atomic mass is 32.2. The highest BCUT2D eigenvalue weighted by molar-refractivity contribution is 7.89. The van der Waals surface area contributed by atoms with Crippen molar-refractivity contribution in [1.29, 1.82) is 0 Å². The van der Waals surface area contributed by atoms with E-state index >= 15 is 0 Å². The van der Waals surface area contributed by atoms with Gasteiger partial charge in [-0.2, -0.15) is 4.31 Å². The number of hydrogen-bond donors (Lipinski definition) is 2. The molecule has 27 heavy (non-hydrogen) atoms. The highest BCUT2D eigenvalue weighted by Gasteiger charge is 2.28. The number of sulfonamides is 1. The number of carboxylic acid groups (broad SMARTS) is 2. The van der Waals surface area contributed by atoms with Gasteiger partial charge >= 0.3 is 11.9 Å². The van der Waals surface area contributed by atoms with Gasteiger partial charge in [0.25, 0.3) is 0 Å². The lowest BCUT2D eigenvalue weighted by Gasteiger charge is -2.26. The Morgan fingerprint density at radius 2 is 1.52 bits per heavy atom. The third kappa shape index (κ3) is 3.91. The van der Waals surface area contributed by atoms with Gasteiger partial charge in [-0.25, -0.2) is 18.0 Å². The lowest BCUT2D eigenvalue weighted by Crippen LogP contribution is -2.35. The Hall–Kier alpha value is -2.97. The van der Waals surface area contributed by atoms with E-state index in [-0.39, 0.29) is 29.1 Å². The van der Waals surface area contributed by atoms with E-state index in [1.807, 2.05) is 36.4 Å². The molecule has 0 aromatic heterocycles. The fraction of sp³-hybridized carbons (Fsp3) is 0.158. The molecule has 0 saturated heterocycles. The minimum absolute atomic E-state index is 0.131. The normalized spacial score (nSPS) is 15.2. The van der Waals surface area contributed by atoms with Gasteiger partial charge in [-0.15, -0.1) is 0 Å². The maximum Gasteiger partial charge on any atom is 0.335 e. The van der Waals surface area contributed by atoms with Gasteiger partial charge in [0.2, 0.25) is 10.0 Å². The summed E-state index contributed by atoms with van der Waals surface area (Å²) in [5.41, 5.74) is 1.29. The smallest absolute Gasteiger partial charge is 0.335 e. The average Bonchev–Trinajstić information content (AvgIpc) is 2.68. The number of carboxylic acids is 2. The maximum absolute atomic E-state index is 12.9. The molecule has 1 aliphatic heterocycles. The van der Waals surface area contributed by atoms with Gasteiger partial charge in [0.05, 0.1) is 16.0 Å². The van der Waals surface area contributed by atoms with Gasteiger partial charge in [-0.1, -0.05) is 36.4 Å². The molecule has 2 aromatic carbocycles. The summed E-state index contributed by atoms with van der Waals surface area (Å²) >= 11 is 0. The zero-order chi connectivity index (χ0) is 19.6. The van der Waals surface area contributed by atoms with Crippen LogP contribution in [-0.4, -0.2) is 48.0 Å². The first-order chi connectivity index (χ1) is 12.8. The van der Waals surface area contributed by atoms with Crippen molar-refractivity contribution in [3.05, 3.63) is 71.3 Å². The lowest BCUT2D eigenvalue weighted by atomic mass is 10.0.